The molecule has 1 aliphatic rings. The maximum Gasteiger partial charge on any atom is 0.410 e. The van der Waals surface area contributed by atoms with Gasteiger partial charge in [0.2, 0.25) is 0 Å². The molecule has 0 bridgehead atoms. The van der Waals surface area contributed by atoms with E-state index < -0.39 is 5.60 Å². The number of carbonyl (C=O) groups excluding carboxylic acids is 1. The van der Waals surface area contributed by atoms with Gasteiger partial charge in [0, 0.05) is 55.4 Å². The van der Waals surface area contributed by atoms with Crippen LogP contribution in [0.4, 0.5) is 10.5 Å². The van der Waals surface area contributed by atoms with Crippen LogP contribution in [0.2, 0.25) is 0 Å². The average Bonchev–Trinajstić information content (AvgIpc) is 2.79. The van der Waals surface area contributed by atoms with Gasteiger partial charge in [-0.25, -0.2) is 4.79 Å². The highest BCUT2D eigenvalue weighted by Gasteiger charge is 2.23. The van der Waals surface area contributed by atoms with Gasteiger partial charge in [-0.2, -0.15) is 0 Å². The van der Waals surface area contributed by atoms with Crippen LogP contribution in [0.1, 0.15) is 40.2 Å². The molecule has 1 fully saturated rings. The Hall–Kier alpha value is -2.38. The third kappa shape index (κ3) is 7.31. The van der Waals surface area contributed by atoms with Crippen LogP contribution in [0.25, 0.3) is 0 Å². The first-order chi connectivity index (χ1) is 16.1. The third-order valence-electron chi connectivity index (χ3n) is 5.85. The molecule has 2 aromatic carbocycles. The number of rotatable bonds is 7. The molecular weight excluding hydrogens is 446 g/mol. The molecule has 1 amide bonds. The van der Waals surface area contributed by atoms with E-state index in [1.165, 1.54) is 4.90 Å². The van der Waals surface area contributed by atoms with Crippen molar-refractivity contribution in [3.05, 3.63) is 48.0 Å². The van der Waals surface area contributed by atoms with E-state index in [0.29, 0.717) is 12.6 Å². The van der Waals surface area contributed by atoms with E-state index in [1.807, 2.05) is 39.0 Å². The predicted octanol–water partition coefficient (Wildman–Crippen LogP) is 6.10. The van der Waals surface area contributed by atoms with Crippen molar-refractivity contribution in [3.63, 3.8) is 0 Å². The molecule has 0 unspecified atom stereocenters. The second kappa shape index (κ2) is 11.4. The van der Waals surface area contributed by atoms with Crippen molar-refractivity contribution < 1.29 is 14.3 Å². The smallest absolute Gasteiger partial charge is 0.410 e. The molecular formula is C27H39N3O3S. The number of thioether (sulfide) groups is 1. The highest BCUT2D eigenvalue weighted by molar-refractivity contribution is 7.98. The predicted molar refractivity (Wildman–Crippen MR) is 141 cm³/mol. The van der Waals surface area contributed by atoms with Gasteiger partial charge in [-0.05, 0) is 83.3 Å². The number of amides is 1. The molecule has 6 nitrogen and oxygen atoms in total. The number of ether oxygens (including phenoxy) is 2. The summed E-state index contributed by atoms with van der Waals surface area (Å²) < 4.78 is 11.8. The zero-order valence-corrected chi connectivity index (χ0v) is 22.4. The lowest BCUT2D eigenvalue weighted by Crippen LogP contribution is -2.48. The fraction of sp³-hybridized carbons (Fsp3) is 0.519. The van der Waals surface area contributed by atoms with Crippen molar-refractivity contribution in [3.8, 4) is 11.5 Å². The number of hydrogen-bond acceptors (Lipinski definition) is 6. The zero-order valence-electron chi connectivity index (χ0n) is 21.6. The molecule has 34 heavy (non-hydrogen) atoms. The fourth-order valence-electron chi connectivity index (χ4n) is 3.91. The number of benzene rings is 2. The van der Waals surface area contributed by atoms with Crippen LogP contribution in [-0.2, 0) is 11.3 Å². The van der Waals surface area contributed by atoms with Crippen LogP contribution in [0, 0.1) is 0 Å². The number of piperazine rings is 1. The van der Waals surface area contributed by atoms with E-state index in [4.69, 9.17) is 9.47 Å². The van der Waals surface area contributed by atoms with E-state index in [0.717, 1.165) is 48.9 Å². The molecule has 2 aromatic rings. The first kappa shape index (κ1) is 26.2. The highest BCUT2D eigenvalue weighted by atomic mass is 32.2. The van der Waals surface area contributed by atoms with Gasteiger partial charge >= 0.3 is 6.09 Å². The fourth-order valence-corrected chi connectivity index (χ4v) is 4.32. The Balaban J connectivity index is 1.83. The Morgan fingerprint density at radius 3 is 2.26 bits per heavy atom. The molecule has 0 aromatic heterocycles. The van der Waals surface area contributed by atoms with Crippen molar-refractivity contribution >= 4 is 23.5 Å². The van der Waals surface area contributed by atoms with Crippen LogP contribution in [0.3, 0.4) is 0 Å². The monoisotopic (exact) mass is 485 g/mol. The standard InChI is InChI=1S/C27H39N3O3S/c1-20(2)29-14-16-30(17-15-29)22-8-13-25(32-23-9-11-24(34-7)12-10-23)21(18-22)19-28(6)26(31)33-27(3,4)5/h8-13,18,20H,14-17,19H2,1-7H3. The van der Waals surface area contributed by atoms with Gasteiger partial charge in [-0.15, -0.1) is 11.8 Å². The summed E-state index contributed by atoms with van der Waals surface area (Å²) in [6.45, 7) is 14.6. The van der Waals surface area contributed by atoms with Crippen LogP contribution in [0.5, 0.6) is 11.5 Å². The lowest BCUT2D eigenvalue weighted by Gasteiger charge is -2.38. The first-order valence-electron chi connectivity index (χ1n) is 11.9. The summed E-state index contributed by atoms with van der Waals surface area (Å²) >= 11 is 1.70. The van der Waals surface area contributed by atoms with Gasteiger partial charge in [-0.3, -0.25) is 4.90 Å². The minimum atomic E-state index is -0.540. The summed E-state index contributed by atoms with van der Waals surface area (Å²) in [5.41, 5.74) is 1.56. The Bertz CT molecular complexity index is 949. The largest absolute Gasteiger partial charge is 0.457 e. The quantitative estimate of drug-likeness (QED) is 0.442. The van der Waals surface area contributed by atoms with Gasteiger partial charge in [0.05, 0.1) is 6.54 Å². The molecule has 7 heteroatoms. The second-order valence-corrected chi connectivity index (χ2v) is 10.9. The first-order valence-corrected chi connectivity index (χ1v) is 13.2. The van der Waals surface area contributed by atoms with E-state index >= 15 is 0 Å². The van der Waals surface area contributed by atoms with Gasteiger partial charge in [-0.1, -0.05) is 0 Å². The minimum Gasteiger partial charge on any atom is -0.457 e. The SMILES string of the molecule is CSc1ccc(Oc2ccc(N3CCN(C(C)C)CC3)cc2CN(C)C(=O)OC(C)(C)C)cc1. The molecule has 186 valence electrons. The number of nitrogens with zero attached hydrogens (tertiary/aromatic N) is 3. The molecule has 0 N–H and O–H groups in total. The minimum absolute atomic E-state index is 0.348. The molecule has 0 spiro atoms. The third-order valence-corrected chi connectivity index (χ3v) is 6.60. The normalized spacial score (nSPS) is 14.9. The Kier molecular flexibility index (Phi) is 8.77. The van der Waals surface area contributed by atoms with Gasteiger partial charge in [0.15, 0.2) is 0 Å². The molecule has 0 aliphatic carbocycles. The van der Waals surface area contributed by atoms with Crippen LogP contribution in [0.15, 0.2) is 47.4 Å². The Labute approximate surface area is 209 Å². The van der Waals surface area contributed by atoms with Crippen LogP contribution < -0.4 is 9.64 Å². The van der Waals surface area contributed by atoms with Gasteiger partial charge < -0.3 is 19.3 Å². The average molecular weight is 486 g/mol. The zero-order chi connectivity index (χ0) is 24.9. The Morgan fingerprint density at radius 2 is 1.71 bits per heavy atom. The van der Waals surface area contributed by atoms with Crippen LogP contribution in [-0.4, -0.2) is 67.0 Å². The summed E-state index contributed by atoms with van der Waals surface area (Å²) in [5, 5.41) is 0. The summed E-state index contributed by atoms with van der Waals surface area (Å²) in [7, 11) is 1.76. The van der Waals surface area contributed by atoms with Crippen molar-refractivity contribution in [2.45, 2.75) is 57.7 Å². The van der Waals surface area contributed by atoms with Crippen molar-refractivity contribution in [2.75, 3.05) is 44.4 Å². The summed E-state index contributed by atoms with van der Waals surface area (Å²) in [5.74, 6) is 1.52. The topological polar surface area (TPSA) is 45.2 Å². The van der Waals surface area contributed by atoms with E-state index in [9.17, 15) is 4.79 Å². The van der Waals surface area contributed by atoms with Crippen molar-refractivity contribution in [1.29, 1.82) is 0 Å². The molecule has 0 radical (unpaired) electrons. The van der Waals surface area contributed by atoms with Crippen molar-refractivity contribution in [2.24, 2.45) is 0 Å². The lowest BCUT2D eigenvalue weighted by molar-refractivity contribution is 0.0284. The summed E-state index contributed by atoms with van der Waals surface area (Å²) in [6.07, 6.45) is 1.71. The number of carbonyl (C=O) groups is 1. The number of hydrogen-bond donors (Lipinski definition) is 0. The van der Waals surface area contributed by atoms with Gasteiger partial charge in [0.1, 0.15) is 17.1 Å². The molecule has 3 rings (SSSR count). The van der Waals surface area contributed by atoms with Gasteiger partial charge in [0.25, 0.3) is 0 Å². The van der Waals surface area contributed by atoms with Crippen molar-refractivity contribution in [1.82, 2.24) is 9.80 Å². The number of anilines is 1. The highest BCUT2D eigenvalue weighted by Crippen LogP contribution is 2.32. The van der Waals surface area contributed by atoms with E-state index in [-0.39, 0.29) is 6.09 Å². The molecule has 0 saturated carbocycles. The molecule has 1 heterocycles. The lowest BCUT2D eigenvalue weighted by atomic mass is 10.1. The maximum absolute atomic E-state index is 12.6. The second-order valence-electron chi connectivity index (χ2n) is 10.0. The maximum atomic E-state index is 12.6. The van der Waals surface area contributed by atoms with E-state index in [2.05, 4.69) is 54.2 Å². The van der Waals surface area contributed by atoms with Crippen LogP contribution >= 0.6 is 11.8 Å². The molecule has 0 atom stereocenters. The summed E-state index contributed by atoms with van der Waals surface area (Å²) in [6, 6.07) is 14.9. The molecule has 1 aliphatic heterocycles. The Morgan fingerprint density at radius 1 is 1.06 bits per heavy atom. The van der Waals surface area contributed by atoms with E-state index in [1.54, 1.807) is 23.7 Å². The molecule has 1 saturated heterocycles. The summed E-state index contributed by atoms with van der Waals surface area (Å²) in [4.78, 5) is 20.3.